The van der Waals surface area contributed by atoms with Gasteiger partial charge >= 0.3 is 12.0 Å². The molecule has 1 aromatic carbocycles. The second-order valence-corrected chi connectivity index (χ2v) is 6.93. The predicted molar refractivity (Wildman–Crippen MR) is 91.8 cm³/mol. The first kappa shape index (κ1) is 17.9. The molecule has 2 aliphatic heterocycles. The Labute approximate surface area is 150 Å². The summed E-state index contributed by atoms with van der Waals surface area (Å²) < 4.78 is 0. The zero-order valence-electron chi connectivity index (χ0n) is 14.5. The first-order valence-corrected chi connectivity index (χ1v) is 8.55. The second-order valence-electron chi connectivity index (χ2n) is 6.93. The number of carboxylic acids is 1. The number of amides is 4. The van der Waals surface area contributed by atoms with Crippen molar-refractivity contribution >= 4 is 23.8 Å². The van der Waals surface area contributed by atoms with Gasteiger partial charge in [-0.05, 0) is 31.9 Å². The zero-order chi connectivity index (χ0) is 18.9. The molecule has 1 atom stereocenters. The molecule has 1 aromatic rings. The van der Waals surface area contributed by atoms with E-state index in [1.165, 1.54) is 9.80 Å². The number of benzene rings is 1. The third-order valence-corrected chi connectivity index (χ3v) is 4.99. The Hall–Kier alpha value is -2.90. The van der Waals surface area contributed by atoms with E-state index < -0.39 is 11.4 Å². The molecule has 1 unspecified atom stereocenters. The van der Waals surface area contributed by atoms with Gasteiger partial charge < -0.3 is 15.3 Å². The van der Waals surface area contributed by atoms with Gasteiger partial charge in [-0.3, -0.25) is 19.3 Å². The van der Waals surface area contributed by atoms with E-state index in [-0.39, 0.29) is 30.9 Å². The number of carbonyl (C=O) groups excluding carboxylic acids is 3. The highest BCUT2D eigenvalue weighted by Crippen LogP contribution is 2.30. The lowest BCUT2D eigenvalue weighted by atomic mass is 9.90. The Morgan fingerprint density at radius 3 is 2.35 bits per heavy atom. The van der Waals surface area contributed by atoms with E-state index >= 15 is 0 Å². The van der Waals surface area contributed by atoms with Crippen LogP contribution < -0.4 is 5.32 Å². The minimum absolute atomic E-state index is 0.173. The molecule has 1 fully saturated rings. The van der Waals surface area contributed by atoms with Crippen LogP contribution in [0.25, 0.3) is 0 Å². The summed E-state index contributed by atoms with van der Waals surface area (Å²) >= 11 is 0. The van der Waals surface area contributed by atoms with Crippen LogP contribution in [0.1, 0.15) is 40.5 Å². The number of carbonyl (C=O) groups is 4. The van der Waals surface area contributed by atoms with Gasteiger partial charge in [-0.2, -0.15) is 0 Å². The van der Waals surface area contributed by atoms with Crippen LogP contribution in [0.3, 0.4) is 0 Å². The van der Waals surface area contributed by atoms with Crippen LogP contribution in [-0.4, -0.2) is 64.9 Å². The van der Waals surface area contributed by atoms with Crippen molar-refractivity contribution in [2.24, 2.45) is 5.41 Å². The van der Waals surface area contributed by atoms with E-state index in [2.05, 4.69) is 5.32 Å². The third-order valence-electron chi connectivity index (χ3n) is 4.99. The Morgan fingerprint density at radius 1 is 1.19 bits per heavy atom. The van der Waals surface area contributed by atoms with E-state index in [4.69, 9.17) is 0 Å². The number of fused-ring (bicyclic) bond motifs is 1. The van der Waals surface area contributed by atoms with Crippen LogP contribution in [0, 0.1) is 5.41 Å². The number of imide groups is 1. The van der Waals surface area contributed by atoms with Gasteiger partial charge in [-0.15, -0.1) is 0 Å². The summed E-state index contributed by atoms with van der Waals surface area (Å²) in [6, 6.07) is 6.37. The SMILES string of the molecule is CC1(C(=O)O)CCN(C(=O)NCCCN2C(=O)c3ccccc3C2=O)C1. The van der Waals surface area contributed by atoms with Gasteiger partial charge in [-0.25, -0.2) is 4.79 Å². The van der Waals surface area contributed by atoms with Crippen molar-refractivity contribution in [3.05, 3.63) is 35.4 Å². The summed E-state index contributed by atoms with van der Waals surface area (Å²) in [5, 5.41) is 11.9. The van der Waals surface area contributed by atoms with Gasteiger partial charge in [0, 0.05) is 26.2 Å². The number of carboxylic acid groups (broad SMARTS) is 1. The molecule has 8 heteroatoms. The van der Waals surface area contributed by atoms with Gasteiger partial charge in [0.2, 0.25) is 0 Å². The number of nitrogens with one attached hydrogen (secondary N) is 1. The van der Waals surface area contributed by atoms with Crippen LogP contribution in [0.5, 0.6) is 0 Å². The maximum atomic E-state index is 12.2. The summed E-state index contributed by atoms with van der Waals surface area (Å²) in [6.07, 6.45) is 0.853. The first-order valence-electron chi connectivity index (χ1n) is 8.55. The van der Waals surface area contributed by atoms with Crippen LogP contribution in [-0.2, 0) is 4.79 Å². The van der Waals surface area contributed by atoms with E-state index in [9.17, 15) is 24.3 Å². The highest BCUT2D eigenvalue weighted by atomic mass is 16.4. The molecular weight excluding hydrogens is 338 g/mol. The van der Waals surface area contributed by atoms with E-state index in [0.29, 0.717) is 37.1 Å². The Kier molecular flexibility index (Phi) is 4.67. The number of aliphatic carboxylic acids is 1. The standard InChI is InChI=1S/C18H21N3O5/c1-18(16(24)25)7-10-20(11-18)17(26)19-8-4-9-21-14(22)12-5-2-3-6-13(12)15(21)23/h2-3,5-6H,4,7-11H2,1H3,(H,19,26)(H,24,25). The quantitative estimate of drug-likeness (QED) is 0.606. The molecule has 4 amide bonds. The van der Waals surface area contributed by atoms with Crippen LogP contribution >= 0.6 is 0 Å². The Morgan fingerprint density at radius 2 is 1.81 bits per heavy atom. The first-order chi connectivity index (χ1) is 12.3. The average molecular weight is 359 g/mol. The lowest BCUT2D eigenvalue weighted by Gasteiger charge is -2.21. The Bertz CT molecular complexity index is 743. The number of likely N-dealkylation sites (tertiary alicyclic amines) is 1. The monoisotopic (exact) mass is 359 g/mol. The molecule has 0 bridgehead atoms. The number of hydrogen-bond acceptors (Lipinski definition) is 4. The van der Waals surface area contributed by atoms with Crippen LogP contribution in [0.2, 0.25) is 0 Å². The van der Waals surface area contributed by atoms with Crippen molar-refractivity contribution in [2.45, 2.75) is 19.8 Å². The lowest BCUT2D eigenvalue weighted by Crippen LogP contribution is -2.42. The minimum atomic E-state index is -0.905. The largest absolute Gasteiger partial charge is 0.481 e. The number of rotatable bonds is 5. The highest BCUT2D eigenvalue weighted by Gasteiger charge is 2.42. The van der Waals surface area contributed by atoms with E-state index in [0.717, 1.165) is 0 Å². The molecule has 0 aromatic heterocycles. The summed E-state index contributed by atoms with van der Waals surface area (Å²) in [5.74, 6) is -1.53. The zero-order valence-corrected chi connectivity index (χ0v) is 14.5. The van der Waals surface area contributed by atoms with Crippen LogP contribution in [0.15, 0.2) is 24.3 Å². The van der Waals surface area contributed by atoms with Crippen molar-refractivity contribution in [1.82, 2.24) is 15.1 Å². The van der Waals surface area contributed by atoms with E-state index in [1.54, 1.807) is 31.2 Å². The molecule has 2 N–H and O–H groups in total. The highest BCUT2D eigenvalue weighted by molar-refractivity contribution is 6.21. The molecule has 0 spiro atoms. The maximum absolute atomic E-state index is 12.2. The van der Waals surface area contributed by atoms with Crippen molar-refractivity contribution in [3.63, 3.8) is 0 Å². The summed E-state index contributed by atoms with van der Waals surface area (Å²) in [4.78, 5) is 50.5. The normalized spacial score (nSPS) is 21.9. The van der Waals surface area contributed by atoms with Gasteiger partial charge in [0.25, 0.3) is 11.8 Å². The molecule has 2 aliphatic rings. The fraction of sp³-hybridized carbons (Fsp3) is 0.444. The smallest absolute Gasteiger partial charge is 0.317 e. The molecule has 0 radical (unpaired) electrons. The topological polar surface area (TPSA) is 107 Å². The molecule has 8 nitrogen and oxygen atoms in total. The van der Waals surface area contributed by atoms with Crippen molar-refractivity contribution < 1.29 is 24.3 Å². The fourth-order valence-electron chi connectivity index (χ4n) is 3.30. The van der Waals surface area contributed by atoms with Gasteiger partial charge in [0.1, 0.15) is 0 Å². The molecule has 3 rings (SSSR count). The third kappa shape index (κ3) is 3.14. The average Bonchev–Trinajstić information content (AvgIpc) is 3.14. The van der Waals surface area contributed by atoms with Crippen molar-refractivity contribution in [3.8, 4) is 0 Å². The molecule has 1 saturated heterocycles. The second kappa shape index (κ2) is 6.78. The molecule has 2 heterocycles. The predicted octanol–water partition coefficient (Wildman–Crippen LogP) is 1.18. The molecular formula is C18H21N3O5. The molecule has 0 saturated carbocycles. The molecule has 26 heavy (non-hydrogen) atoms. The number of urea groups is 1. The fourth-order valence-corrected chi connectivity index (χ4v) is 3.30. The summed E-state index contributed by atoms with van der Waals surface area (Å²) in [7, 11) is 0. The lowest BCUT2D eigenvalue weighted by molar-refractivity contribution is -0.147. The van der Waals surface area contributed by atoms with Gasteiger partial charge in [-0.1, -0.05) is 12.1 Å². The van der Waals surface area contributed by atoms with Gasteiger partial charge in [0.05, 0.1) is 16.5 Å². The summed E-state index contributed by atoms with van der Waals surface area (Å²) in [6.45, 7) is 2.72. The summed E-state index contributed by atoms with van der Waals surface area (Å²) in [5.41, 5.74) is -0.0876. The van der Waals surface area contributed by atoms with Gasteiger partial charge in [0.15, 0.2) is 0 Å². The van der Waals surface area contributed by atoms with Crippen molar-refractivity contribution in [1.29, 1.82) is 0 Å². The Balaban J connectivity index is 1.45. The molecule has 138 valence electrons. The van der Waals surface area contributed by atoms with E-state index in [1.807, 2.05) is 0 Å². The number of hydrogen-bond donors (Lipinski definition) is 2. The van der Waals surface area contributed by atoms with Crippen LogP contribution in [0.4, 0.5) is 4.79 Å². The number of nitrogens with zero attached hydrogens (tertiary/aromatic N) is 2. The maximum Gasteiger partial charge on any atom is 0.317 e. The minimum Gasteiger partial charge on any atom is -0.481 e. The molecule has 0 aliphatic carbocycles. The van der Waals surface area contributed by atoms with Crippen molar-refractivity contribution in [2.75, 3.05) is 26.2 Å².